The minimum Gasteiger partial charge on any atom is -0.356 e. The predicted molar refractivity (Wildman–Crippen MR) is 84.5 cm³/mol. The van der Waals surface area contributed by atoms with Crippen LogP contribution in [0.1, 0.15) is 49.6 Å². The highest BCUT2D eigenvalue weighted by molar-refractivity contribution is 5.79. The van der Waals surface area contributed by atoms with E-state index in [2.05, 4.69) is 49.1 Å². The normalized spacial score (nSPS) is 13.0. The van der Waals surface area contributed by atoms with Crippen LogP contribution in [-0.4, -0.2) is 10.1 Å². The van der Waals surface area contributed by atoms with Crippen molar-refractivity contribution in [3.8, 4) is 0 Å². The second-order valence-corrected chi connectivity index (χ2v) is 5.92. The van der Waals surface area contributed by atoms with Crippen LogP contribution < -0.4 is 0 Å². The number of para-hydroxylation sites is 1. The largest absolute Gasteiger partial charge is 0.356 e. The number of aromatic nitrogens is 2. The number of rotatable bonds is 4. The molecule has 0 fully saturated rings. The lowest BCUT2D eigenvalue weighted by Crippen LogP contribution is -2.01. The van der Waals surface area contributed by atoms with Crippen LogP contribution in [0, 0.1) is 0 Å². The average Bonchev–Trinajstić information content (AvgIpc) is 2.92. The van der Waals surface area contributed by atoms with Crippen molar-refractivity contribution in [1.29, 1.82) is 0 Å². The zero-order valence-corrected chi connectivity index (χ0v) is 12.7. The molecule has 0 aliphatic heterocycles. The Morgan fingerprint density at radius 2 is 1.86 bits per heavy atom. The maximum absolute atomic E-state index is 5.39. The van der Waals surface area contributed by atoms with Crippen LogP contribution in [0.2, 0.25) is 0 Å². The Morgan fingerprint density at radius 3 is 2.57 bits per heavy atom. The van der Waals surface area contributed by atoms with Gasteiger partial charge < -0.3 is 4.52 Å². The molecular formula is C18H20N2O. The molecule has 21 heavy (non-hydrogen) atoms. The Balaban J connectivity index is 1.81. The Morgan fingerprint density at radius 1 is 1.05 bits per heavy atom. The van der Waals surface area contributed by atoms with Gasteiger partial charge in [-0.25, -0.2) is 0 Å². The van der Waals surface area contributed by atoms with Crippen molar-refractivity contribution in [3.63, 3.8) is 0 Å². The Bertz CT molecular complexity index is 728. The number of fused-ring (bicyclic) bond motifs is 1. The smallest absolute Gasteiger partial charge is 0.167 e. The molecule has 1 aromatic carbocycles. The fourth-order valence-electron chi connectivity index (χ4n) is 2.61. The van der Waals surface area contributed by atoms with Crippen molar-refractivity contribution in [2.75, 3.05) is 0 Å². The molecule has 3 aromatic rings. The van der Waals surface area contributed by atoms with Crippen molar-refractivity contribution in [2.45, 2.75) is 39.0 Å². The van der Waals surface area contributed by atoms with Crippen molar-refractivity contribution < 1.29 is 4.52 Å². The van der Waals surface area contributed by atoms with E-state index in [1.807, 2.05) is 24.4 Å². The molecule has 3 rings (SSSR count). The molecule has 0 amide bonds. The molecule has 0 saturated heterocycles. The van der Waals surface area contributed by atoms with E-state index in [1.54, 1.807) is 0 Å². The summed E-state index contributed by atoms with van der Waals surface area (Å²) >= 11 is 0. The zero-order chi connectivity index (χ0) is 14.8. The van der Waals surface area contributed by atoms with E-state index < -0.39 is 0 Å². The van der Waals surface area contributed by atoms with Gasteiger partial charge in [-0.05, 0) is 36.1 Å². The number of nitrogens with zero attached hydrogens (tertiary/aromatic N) is 2. The molecule has 1 atom stereocenters. The number of pyridine rings is 1. The van der Waals surface area contributed by atoms with E-state index in [9.17, 15) is 0 Å². The van der Waals surface area contributed by atoms with Crippen LogP contribution >= 0.6 is 0 Å². The van der Waals surface area contributed by atoms with E-state index in [0.717, 1.165) is 28.8 Å². The molecule has 0 radical (unpaired) electrons. The highest BCUT2D eigenvalue weighted by Crippen LogP contribution is 2.27. The summed E-state index contributed by atoms with van der Waals surface area (Å²) in [5, 5.41) is 5.35. The third kappa shape index (κ3) is 2.82. The highest BCUT2D eigenvalue weighted by Gasteiger charge is 2.15. The van der Waals surface area contributed by atoms with Crippen molar-refractivity contribution in [2.24, 2.45) is 0 Å². The minimum absolute atomic E-state index is 0.306. The Kier molecular flexibility index (Phi) is 3.74. The van der Waals surface area contributed by atoms with Gasteiger partial charge in [0.15, 0.2) is 5.58 Å². The standard InChI is InChI=1S/C18H20N2O/c1-12(2)16-9-8-14(11-19-16)10-13(3)18-15-6-4-5-7-17(15)21-20-18/h4-9,11-13H,10H2,1-3H3. The summed E-state index contributed by atoms with van der Waals surface area (Å²) in [5.74, 6) is 0.774. The van der Waals surface area contributed by atoms with E-state index in [0.29, 0.717) is 11.8 Å². The first-order chi connectivity index (χ1) is 10.1. The summed E-state index contributed by atoms with van der Waals surface area (Å²) in [6.45, 7) is 6.50. The quantitative estimate of drug-likeness (QED) is 0.695. The first kappa shape index (κ1) is 13.8. The molecule has 0 spiro atoms. The first-order valence-electron chi connectivity index (χ1n) is 7.44. The van der Waals surface area contributed by atoms with Crippen molar-refractivity contribution in [3.05, 3.63) is 59.5 Å². The van der Waals surface area contributed by atoms with E-state index in [-0.39, 0.29) is 0 Å². The van der Waals surface area contributed by atoms with Crippen LogP contribution in [0.15, 0.2) is 47.1 Å². The average molecular weight is 280 g/mol. The van der Waals surface area contributed by atoms with Gasteiger partial charge in [0, 0.05) is 23.2 Å². The van der Waals surface area contributed by atoms with Crippen LogP contribution in [0.25, 0.3) is 11.0 Å². The van der Waals surface area contributed by atoms with Crippen LogP contribution in [0.5, 0.6) is 0 Å². The van der Waals surface area contributed by atoms with Crippen LogP contribution in [-0.2, 0) is 6.42 Å². The van der Waals surface area contributed by atoms with Crippen LogP contribution in [0.3, 0.4) is 0 Å². The van der Waals surface area contributed by atoms with Gasteiger partial charge in [-0.2, -0.15) is 0 Å². The van der Waals surface area contributed by atoms with Gasteiger partial charge >= 0.3 is 0 Å². The van der Waals surface area contributed by atoms with Gasteiger partial charge in [-0.15, -0.1) is 0 Å². The fraction of sp³-hybridized carbons (Fsp3) is 0.333. The molecule has 108 valence electrons. The van der Waals surface area contributed by atoms with Gasteiger partial charge in [0.05, 0.1) is 5.69 Å². The Hall–Kier alpha value is -2.16. The number of hydrogen-bond donors (Lipinski definition) is 0. The summed E-state index contributed by atoms with van der Waals surface area (Å²) in [6, 6.07) is 12.3. The molecular weight excluding hydrogens is 260 g/mol. The molecule has 0 aliphatic rings. The molecule has 0 aliphatic carbocycles. The molecule has 2 aromatic heterocycles. The summed E-state index contributed by atoms with van der Waals surface area (Å²) in [6.07, 6.45) is 2.90. The maximum atomic E-state index is 5.39. The monoisotopic (exact) mass is 280 g/mol. The molecule has 2 heterocycles. The van der Waals surface area contributed by atoms with E-state index in [1.165, 1.54) is 5.56 Å². The zero-order valence-electron chi connectivity index (χ0n) is 12.7. The van der Waals surface area contributed by atoms with Gasteiger partial charge in [-0.3, -0.25) is 4.98 Å². The van der Waals surface area contributed by atoms with Gasteiger partial charge in [-0.1, -0.05) is 44.1 Å². The Labute approximate surface area is 125 Å². The van der Waals surface area contributed by atoms with Gasteiger partial charge in [0.25, 0.3) is 0 Å². The lowest BCUT2D eigenvalue weighted by Gasteiger charge is -2.10. The molecule has 3 nitrogen and oxygen atoms in total. The minimum atomic E-state index is 0.306. The molecule has 1 unspecified atom stereocenters. The number of hydrogen-bond acceptors (Lipinski definition) is 3. The maximum Gasteiger partial charge on any atom is 0.167 e. The summed E-state index contributed by atoms with van der Waals surface area (Å²) in [4.78, 5) is 4.53. The summed E-state index contributed by atoms with van der Waals surface area (Å²) in [7, 11) is 0. The molecule has 0 bridgehead atoms. The van der Waals surface area contributed by atoms with Crippen molar-refractivity contribution in [1.82, 2.24) is 10.1 Å². The third-order valence-corrected chi connectivity index (χ3v) is 3.85. The summed E-state index contributed by atoms with van der Waals surface area (Å²) in [5.41, 5.74) is 4.25. The van der Waals surface area contributed by atoms with Gasteiger partial charge in [0.2, 0.25) is 0 Å². The SMILES string of the molecule is CC(C)c1ccc(CC(C)c2noc3ccccc23)cn1. The topological polar surface area (TPSA) is 38.9 Å². The second kappa shape index (κ2) is 5.68. The van der Waals surface area contributed by atoms with E-state index in [4.69, 9.17) is 4.52 Å². The van der Waals surface area contributed by atoms with Crippen LogP contribution in [0.4, 0.5) is 0 Å². The third-order valence-electron chi connectivity index (χ3n) is 3.85. The lowest BCUT2D eigenvalue weighted by molar-refractivity contribution is 0.439. The lowest BCUT2D eigenvalue weighted by atomic mass is 9.96. The first-order valence-corrected chi connectivity index (χ1v) is 7.44. The van der Waals surface area contributed by atoms with E-state index >= 15 is 0 Å². The highest BCUT2D eigenvalue weighted by atomic mass is 16.5. The summed E-state index contributed by atoms with van der Waals surface area (Å²) < 4.78 is 5.39. The van der Waals surface area contributed by atoms with Gasteiger partial charge in [0.1, 0.15) is 0 Å². The second-order valence-electron chi connectivity index (χ2n) is 5.92. The molecule has 0 N–H and O–H groups in total. The molecule has 3 heteroatoms. The predicted octanol–water partition coefficient (Wildman–Crippen LogP) is 4.69. The number of benzene rings is 1. The fourth-order valence-corrected chi connectivity index (χ4v) is 2.61. The van der Waals surface area contributed by atoms with Crippen molar-refractivity contribution >= 4 is 11.0 Å². The molecule has 0 saturated carbocycles.